The van der Waals surface area contributed by atoms with E-state index in [-0.39, 0.29) is 5.56 Å². The van der Waals surface area contributed by atoms with Gasteiger partial charge in [0.1, 0.15) is 11.4 Å². The molecule has 0 aliphatic carbocycles. The maximum atomic E-state index is 11.8. The highest BCUT2D eigenvalue weighted by atomic mass is 35.5. The van der Waals surface area contributed by atoms with Crippen LogP contribution < -0.4 is 5.56 Å². The number of aromatic nitrogens is 3. The molecule has 0 saturated carbocycles. The molecule has 2 heterocycles. The maximum absolute atomic E-state index is 11.8. The van der Waals surface area contributed by atoms with Crippen molar-refractivity contribution in [1.82, 2.24) is 14.6 Å². The molecule has 0 fully saturated rings. The van der Waals surface area contributed by atoms with Gasteiger partial charge < -0.3 is 0 Å². The quantitative estimate of drug-likeness (QED) is 0.474. The molecule has 0 N–H and O–H groups in total. The maximum Gasteiger partial charge on any atom is 0.273 e. The lowest BCUT2D eigenvalue weighted by Gasteiger charge is -2.12. The first kappa shape index (κ1) is 17.1. The summed E-state index contributed by atoms with van der Waals surface area (Å²) in [7, 11) is 0. The zero-order valence-corrected chi connectivity index (χ0v) is 15.6. The average Bonchev–Trinajstić information content (AvgIpc) is 2.63. The van der Waals surface area contributed by atoms with Crippen LogP contribution >= 0.6 is 35.0 Å². The van der Waals surface area contributed by atoms with Gasteiger partial charge in [-0.2, -0.15) is 10.1 Å². The summed E-state index contributed by atoms with van der Waals surface area (Å²) >= 11 is 14.3. The van der Waals surface area contributed by atoms with Crippen LogP contribution in [0.2, 0.25) is 10.0 Å². The van der Waals surface area contributed by atoms with Crippen molar-refractivity contribution in [2.24, 2.45) is 0 Å². The molecule has 4 nitrogen and oxygen atoms in total. The molecule has 0 amide bonds. The van der Waals surface area contributed by atoms with Gasteiger partial charge in [0.2, 0.25) is 0 Å². The second-order valence-corrected chi connectivity index (χ2v) is 7.37. The molecule has 4 aromatic rings. The van der Waals surface area contributed by atoms with Gasteiger partial charge in [-0.25, -0.2) is 4.52 Å². The largest absolute Gasteiger partial charge is 0.273 e. The molecular weight excluding hydrogens is 389 g/mol. The Labute approximate surface area is 163 Å². The monoisotopic (exact) mass is 399 g/mol. The number of nitrogens with zero attached hydrogens (tertiary/aromatic N) is 3. The fourth-order valence-corrected chi connectivity index (χ4v) is 4.06. The molecule has 2 aromatic carbocycles. The van der Waals surface area contributed by atoms with E-state index in [1.807, 2.05) is 36.4 Å². The van der Waals surface area contributed by atoms with Crippen LogP contribution in [0.3, 0.4) is 0 Å². The molecule has 7 heteroatoms. The topological polar surface area (TPSA) is 47.3 Å². The third-order valence-electron chi connectivity index (χ3n) is 3.75. The third kappa shape index (κ3) is 3.33. The van der Waals surface area contributed by atoms with E-state index < -0.39 is 0 Å². The fourth-order valence-electron chi connectivity index (χ4n) is 2.62. The highest BCUT2D eigenvalue weighted by molar-refractivity contribution is 7.99. The van der Waals surface area contributed by atoms with Crippen molar-refractivity contribution in [3.63, 3.8) is 0 Å². The van der Waals surface area contributed by atoms with Gasteiger partial charge in [0, 0.05) is 32.1 Å². The Morgan fingerprint density at radius 1 is 0.923 bits per heavy atom. The first-order chi connectivity index (χ1) is 12.6. The van der Waals surface area contributed by atoms with Crippen molar-refractivity contribution in [2.45, 2.75) is 9.92 Å². The molecule has 128 valence electrons. The summed E-state index contributed by atoms with van der Waals surface area (Å²) in [6.07, 6.45) is 1.40. The van der Waals surface area contributed by atoms with E-state index in [1.165, 1.54) is 24.2 Å². The van der Waals surface area contributed by atoms with E-state index in [1.54, 1.807) is 22.7 Å². The van der Waals surface area contributed by atoms with Crippen molar-refractivity contribution in [3.8, 4) is 11.1 Å². The number of hydrogen-bond acceptors (Lipinski definition) is 4. The smallest absolute Gasteiger partial charge is 0.267 e. The van der Waals surface area contributed by atoms with E-state index >= 15 is 0 Å². The lowest BCUT2D eigenvalue weighted by atomic mass is 10.1. The summed E-state index contributed by atoms with van der Waals surface area (Å²) in [6.45, 7) is 0. The van der Waals surface area contributed by atoms with Crippen LogP contribution in [-0.4, -0.2) is 14.6 Å². The van der Waals surface area contributed by atoms with Crippen LogP contribution in [0.4, 0.5) is 0 Å². The van der Waals surface area contributed by atoms with Crippen molar-refractivity contribution in [3.05, 3.63) is 87.4 Å². The van der Waals surface area contributed by atoms with Gasteiger partial charge in [0.15, 0.2) is 0 Å². The fraction of sp³-hybridized carbons (Fsp3) is 0. The molecule has 0 aliphatic heterocycles. The van der Waals surface area contributed by atoms with Crippen molar-refractivity contribution < 1.29 is 0 Å². The Morgan fingerprint density at radius 3 is 2.38 bits per heavy atom. The van der Waals surface area contributed by atoms with Crippen LogP contribution in [-0.2, 0) is 0 Å². The summed E-state index contributed by atoms with van der Waals surface area (Å²) in [4.78, 5) is 16.6. The molecule has 0 spiro atoms. The molecule has 4 rings (SSSR count). The van der Waals surface area contributed by atoms with E-state index in [4.69, 9.17) is 23.2 Å². The van der Waals surface area contributed by atoms with Gasteiger partial charge in [-0.3, -0.25) is 4.79 Å². The minimum absolute atomic E-state index is 0.348. The van der Waals surface area contributed by atoms with E-state index in [0.717, 1.165) is 15.5 Å². The Morgan fingerprint density at radius 2 is 1.65 bits per heavy atom. The van der Waals surface area contributed by atoms with Gasteiger partial charge in [-0.15, -0.1) is 0 Å². The summed E-state index contributed by atoms with van der Waals surface area (Å²) in [5.41, 5.74) is 1.64. The molecule has 2 aromatic heterocycles. The van der Waals surface area contributed by atoms with E-state index in [0.29, 0.717) is 21.1 Å². The van der Waals surface area contributed by atoms with Crippen molar-refractivity contribution in [2.75, 3.05) is 0 Å². The van der Waals surface area contributed by atoms with E-state index in [2.05, 4.69) is 10.1 Å². The molecular formula is C19H11Cl2N3OS. The summed E-state index contributed by atoms with van der Waals surface area (Å²) < 4.78 is 1.57. The highest BCUT2D eigenvalue weighted by Gasteiger charge is 2.15. The third-order valence-corrected chi connectivity index (χ3v) is 5.30. The normalized spacial score (nSPS) is 11.0. The van der Waals surface area contributed by atoms with Crippen LogP contribution in [0, 0.1) is 0 Å². The van der Waals surface area contributed by atoms with Gasteiger partial charge in [-0.05, 0) is 30.3 Å². The predicted octanol–water partition coefficient (Wildman–Crippen LogP) is 5.21. The SMILES string of the molecule is O=c1cc2c(-c3c(Cl)cccc3Cl)cc(Sc3ccccc3)nn2cn1. The lowest BCUT2D eigenvalue weighted by molar-refractivity contribution is 0.824. The van der Waals surface area contributed by atoms with E-state index in [9.17, 15) is 4.79 Å². The minimum Gasteiger partial charge on any atom is -0.267 e. The molecule has 0 bridgehead atoms. The Kier molecular flexibility index (Phi) is 4.68. The van der Waals surface area contributed by atoms with Crippen molar-refractivity contribution in [1.29, 1.82) is 0 Å². The Balaban J connectivity index is 1.97. The second kappa shape index (κ2) is 7.11. The van der Waals surface area contributed by atoms with Gasteiger partial charge in [0.05, 0.1) is 5.52 Å². The van der Waals surface area contributed by atoms with Crippen LogP contribution in [0.1, 0.15) is 0 Å². The predicted molar refractivity (Wildman–Crippen MR) is 105 cm³/mol. The molecule has 0 unspecified atom stereocenters. The molecule has 0 aliphatic rings. The number of hydrogen-bond donors (Lipinski definition) is 0. The van der Waals surface area contributed by atoms with Gasteiger partial charge in [0.25, 0.3) is 5.56 Å². The van der Waals surface area contributed by atoms with Crippen LogP contribution in [0.15, 0.2) is 81.7 Å². The standard InChI is InChI=1S/C19H11Cl2N3OS/c20-14-7-4-8-15(21)19(14)13-9-18(26-12-5-2-1-3-6-12)23-24-11-22-17(25)10-16(13)24/h1-11H. The van der Waals surface area contributed by atoms with Gasteiger partial charge in [-0.1, -0.05) is 59.2 Å². The Bertz CT molecular complexity index is 1140. The summed E-state index contributed by atoms with van der Waals surface area (Å²) in [5.74, 6) is 0. The minimum atomic E-state index is -0.348. The Hall–Kier alpha value is -2.34. The van der Waals surface area contributed by atoms with Crippen LogP contribution in [0.25, 0.3) is 16.6 Å². The lowest BCUT2D eigenvalue weighted by Crippen LogP contribution is -2.09. The number of halogens is 2. The summed E-state index contributed by atoms with van der Waals surface area (Å²) in [6, 6.07) is 18.5. The first-order valence-electron chi connectivity index (χ1n) is 7.69. The first-order valence-corrected chi connectivity index (χ1v) is 9.26. The highest BCUT2D eigenvalue weighted by Crippen LogP contribution is 2.38. The zero-order chi connectivity index (χ0) is 18.1. The molecule has 0 radical (unpaired) electrons. The molecule has 0 saturated heterocycles. The second-order valence-electron chi connectivity index (χ2n) is 5.46. The molecule has 26 heavy (non-hydrogen) atoms. The van der Waals surface area contributed by atoms with Gasteiger partial charge >= 0.3 is 0 Å². The number of benzene rings is 2. The number of fused-ring (bicyclic) bond motifs is 1. The zero-order valence-electron chi connectivity index (χ0n) is 13.3. The molecule has 0 atom stereocenters. The van der Waals surface area contributed by atoms with Crippen LogP contribution in [0.5, 0.6) is 0 Å². The summed E-state index contributed by atoms with van der Waals surface area (Å²) in [5, 5.41) is 6.30. The van der Waals surface area contributed by atoms with Crippen molar-refractivity contribution >= 4 is 40.5 Å². The average molecular weight is 400 g/mol. The number of rotatable bonds is 3.